The van der Waals surface area contributed by atoms with Crippen molar-refractivity contribution in [2.45, 2.75) is 13.5 Å². The number of methoxy groups -OCH3 is 1. The molecule has 0 aliphatic carbocycles. The molecule has 0 fully saturated rings. The van der Waals surface area contributed by atoms with Gasteiger partial charge in [0.2, 0.25) is 0 Å². The summed E-state index contributed by atoms with van der Waals surface area (Å²) in [6, 6.07) is 8.05. The average Bonchev–Trinajstić information content (AvgIpc) is 2.85. The molecule has 2 rings (SSSR count). The molecule has 1 N–H and O–H groups in total. The van der Waals surface area contributed by atoms with Crippen LogP contribution in [0.15, 0.2) is 30.5 Å². The molecule has 0 saturated heterocycles. The first-order valence-corrected chi connectivity index (χ1v) is 7.20. The van der Waals surface area contributed by atoms with Crippen LogP contribution >= 0.6 is 0 Å². The van der Waals surface area contributed by atoms with E-state index in [0.717, 1.165) is 30.1 Å². The second-order valence-electron chi connectivity index (χ2n) is 4.81. The van der Waals surface area contributed by atoms with Crippen molar-refractivity contribution in [2.75, 3.05) is 26.9 Å². The second-order valence-corrected chi connectivity index (χ2v) is 4.81. The lowest BCUT2D eigenvalue weighted by molar-refractivity contribution is 0.199. The van der Waals surface area contributed by atoms with Crippen LogP contribution in [0.4, 0.5) is 0 Å². The molecule has 1 aromatic carbocycles. The standard InChI is InChI=1S/C16H23N3O2/c1-4-21-15-7-5-6-13(10-15)16-14(12-19(2)18-16)11-17-8-9-20-3/h5-7,10,12,17H,4,8-9,11H2,1-3H3. The van der Waals surface area contributed by atoms with Crippen molar-refractivity contribution >= 4 is 0 Å². The summed E-state index contributed by atoms with van der Waals surface area (Å²) in [5.41, 5.74) is 3.23. The Morgan fingerprint density at radius 1 is 1.33 bits per heavy atom. The van der Waals surface area contributed by atoms with Gasteiger partial charge in [-0.15, -0.1) is 0 Å². The maximum Gasteiger partial charge on any atom is 0.119 e. The van der Waals surface area contributed by atoms with Crippen LogP contribution < -0.4 is 10.1 Å². The first-order valence-electron chi connectivity index (χ1n) is 7.20. The van der Waals surface area contributed by atoms with Crippen LogP contribution in [-0.4, -0.2) is 36.6 Å². The number of benzene rings is 1. The number of nitrogens with zero attached hydrogens (tertiary/aromatic N) is 2. The van der Waals surface area contributed by atoms with Gasteiger partial charge in [0, 0.05) is 44.6 Å². The summed E-state index contributed by atoms with van der Waals surface area (Å²) in [5.74, 6) is 0.874. The number of hydrogen-bond donors (Lipinski definition) is 1. The second kappa shape index (κ2) is 7.81. The Morgan fingerprint density at radius 2 is 2.19 bits per heavy atom. The Morgan fingerprint density at radius 3 is 2.95 bits per heavy atom. The van der Waals surface area contributed by atoms with Crippen LogP contribution in [0.25, 0.3) is 11.3 Å². The fourth-order valence-electron chi connectivity index (χ4n) is 2.21. The summed E-state index contributed by atoms with van der Waals surface area (Å²) in [7, 11) is 3.64. The van der Waals surface area contributed by atoms with Crippen LogP contribution in [0.5, 0.6) is 5.75 Å². The molecule has 0 radical (unpaired) electrons. The molecule has 2 aromatic rings. The van der Waals surface area contributed by atoms with Gasteiger partial charge >= 0.3 is 0 Å². The number of aromatic nitrogens is 2. The van der Waals surface area contributed by atoms with Gasteiger partial charge in [0.25, 0.3) is 0 Å². The minimum Gasteiger partial charge on any atom is -0.494 e. The third kappa shape index (κ3) is 4.31. The summed E-state index contributed by atoms with van der Waals surface area (Å²) in [5, 5.41) is 7.93. The first-order chi connectivity index (χ1) is 10.2. The van der Waals surface area contributed by atoms with Crippen molar-refractivity contribution in [2.24, 2.45) is 7.05 Å². The fraction of sp³-hybridized carbons (Fsp3) is 0.438. The smallest absolute Gasteiger partial charge is 0.119 e. The van der Waals surface area contributed by atoms with Crippen LogP contribution in [-0.2, 0) is 18.3 Å². The van der Waals surface area contributed by atoms with Gasteiger partial charge in [0.05, 0.1) is 18.9 Å². The van der Waals surface area contributed by atoms with Crippen molar-refractivity contribution in [1.82, 2.24) is 15.1 Å². The number of rotatable bonds is 8. The minimum absolute atomic E-state index is 0.664. The molecule has 0 amide bonds. The van der Waals surface area contributed by atoms with E-state index in [1.165, 1.54) is 5.56 Å². The maximum absolute atomic E-state index is 5.56. The van der Waals surface area contributed by atoms with Crippen LogP contribution in [0.3, 0.4) is 0 Å². The molecule has 0 unspecified atom stereocenters. The predicted octanol–water partition coefficient (Wildman–Crippen LogP) is 2.22. The molecule has 0 spiro atoms. The normalized spacial score (nSPS) is 10.8. The number of ether oxygens (including phenoxy) is 2. The van der Waals surface area contributed by atoms with Crippen molar-refractivity contribution < 1.29 is 9.47 Å². The number of hydrogen-bond acceptors (Lipinski definition) is 4. The SMILES string of the molecule is CCOc1cccc(-c2nn(C)cc2CNCCOC)c1. The molecule has 5 heteroatoms. The molecule has 0 saturated carbocycles. The molecule has 0 aliphatic heterocycles. The maximum atomic E-state index is 5.56. The molecular formula is C16H23N3O2. The molecule has 1 heterocycles. The van der Waals surface area contributed by atoms with Gasteiger partial charge in [0.1, 0.15) is 5.75 Å². The van der Waals surface area contributed by atoms with Gasteiger partial charge in [-0.2, -0.15) is 5.10 Å². The lowest BCUT2D eigenvalue weighted by atomic mass is 10.1. The third-order valence-corrected chi connectivity index (χ3v) is 3.12. The van der Waals surface area contributed by atoms with E-state index in [4.69, 9.17) is 9.47 Å². The summed E-state index contributed by atoms with van der Waals surface area (Å²) in [4.78, 5) is 0. The quantitative estimate of drug-likeness (QED) is 0.757. The molecule has 0 atom stereocenters. The monoisotopic (exact) mass is 289 g/mol. The Labute approximate surface area is 125 Å². The predicted molar refractivity (Wildman–Crippen MR) is 83.4 cm³/mol. The van der Waals surface area contributed by atoms with Gasteiger partial charge in [-0.3, -0.25) is 4.68 Å². The molecular weight excluding hydrogens is 266 g/mol. The topological polar surface area (TPSA) is 48.3 Å². The Hall–Kier alpha value is -1.85. The van der Waals surface area contributed by atoms with E-state index in [2.05, 4.69) is 16.5 Å². The minimum atomic E-state index is 0.664. The van der Waals surface area contributed by atoms with E-state index in [1.54, 1.807) is 7.11 Å². The molecule has 5 nitrogen and oxygen atoms in total. The zero-order valence-corrected chi connectivity index (χ0v) is 12.9. The molecule has 114 valence electrons. The Bertz CT molecular complexity index is 566. The van der Waals surface area contributed by atoms with Crippen molar-refractivity contribution in [3.05, 3.63) is 36.0 Å². The fourth-order valence-corrected chi connectivity index (χ4v) is 2.21. The zero-order chi connectivity index (χ0) is 15.1. The highest BCUT2D eigenvalue weighted by Gasteiger charge is 2.10. The van der Waals surface area contributed by atoms with Crippen molar-refractivity contribution in [1.29, 1.82) is 0 Å². The summed E-state index contributed by atoms with van der Waals surface area (Å²) < 4.78 is 12.4. The zero-order valence-electron chi connectivity index (χ0n) is 12.9. The first kappa shape index (κ1) is 15.5. The van der Waals surface area contributed by atoms with Crippen LogP contribution in [0, 0.1) is 0 Å². The summed E-state index contributed by atoms with van der Waals surface area (Å²) >= 11 is 0. The van der Waals surface area contributed by atoms with E-state index in [9.17, 15) is 0 Å². The van der Waals surface area contributed by atoms with E-state index >= 15 is 0 Å². The highest BCUT2D eigenvalue weighted by molar-refractivity contribution is 5.64. The lowest BCUT2D eigenvalue weighted by Crippen LogP contribution is -2.18. The number of nitrogens with one attached hydrogen (secondary N) is 1. The lowest BCUT2D eigenvalue weighted by Gasteiger charge is -2.07. The number of aryl methyl sites for hydroxylation is 1. The molecule has 0 aliphatic rings. The van der Waals surface area contributed by atoms with Gasteiger partial charge in [-0.25, -0.2) is 0 Å². The highest BCUT2D eigenvalue weighted by atomic mass is 16.5. The Balaban J connectivity index is 2.16. The van der Waals surface area contributed by atoms with Crippen LogP contribution in [0.2, 0.25) is 0 Å². The summed E-state index contributed by atoms with van der Waals surface area (Å²) in [6.45, 7) is 4.94. The molecule has 1 aromatic heterocycles. The van der Waals surface area contributed by atoms with E-state index in [-0.39, 0.29) is 0 Å². The van der Waals surface area contributed by atoms with Crippen molar-refractivity contribution in [3.63, 3.8) is 0 Å². The van der Waals surface area contributed by atoms with Gasteiger partial charge in [-0.1, -0.05) is 12.1 Å². The van der Waals surface area contributed by atoms with Gasteiger partial charge < -0.3 is 14.8 Å². The third-order valence-electron chi connectivity index (χ3n) is 3.12. The van der Waals surface area contributed by atoms with Crippen LogP contribution in [0.1, 0.15) is 12.5 Å². The van der Waals surface area contributed by atoms with E-state index in [0.29, 0.717) is 13.2 Å². The molecule has 21 heavy (non-hydrogen) atoms. The highest BCUT2D eigenvalue weighted by Crippen LogP contribution is 2.25. The Kier molecular flexibility index (Phi) is 5.78. The average molecular weight is 289 g/mol. The van der Waals surface area contributed by atoms with E-state index in [1.807, 2.05) is 43.0 Å². The van der Waals surface area contributed by atoms with Crippen molar-refractivity contribution in [3.8, 4) is 17.0 Å². The molecule has 0 bridgehead atoms. The summed E-state index contributed by atoms with van der Waals surface area (Å²) in [6.07, 6.45) is 2.04. The largest absolute Gasteiger partial charge is 0.494 e. The van der Waals surface area contributed by atoms with Gasteiger partial charge in [-0.05, 0) is 19.1 Å². The van der Waals surface area contributed by atoms with E-state index < -0.39 is 0 Å². The van der Waals surface area contributed by atoms with Gasteiger partial charge in [0.15, 0.2) is 0 Å².